The molecular weight excluding hydrogens is 272 g/mol. The smallest absolute Gasteiger partial charge is 0.240 e. The maximum Gasteiger partial charge on any atom is 0.240 e. The number of hydrogen-bond acceptors (Lipinski definition) is 5. The first-order valence-electron chi connectivity index (χ1n) is 7.40. The van der Waals surface area contributed by atoms with Gasteiger partial charge in [-0.05, 0) is 39.2 Å². The molecule has 1 aromatic rings. The summed E-state index contributed by atoms with van der Waals surface area (Å²) in [6, 6.07) is 1.17. The molecule has 2 N–H and O–H groups in total. The number of aromatic nitrogens is 1. The summed E-state index contributed by atoms with van der Waals surface area (Å²) in [6.45, 7) is 4.54. The minimum atomic E-state index is 0.0595. The van der Waals surface area contributed by atoms with Crippen LogP contribution >= 0.6 is 11.3 Å². The molecule has 1 aliphatic carbocycles. The van der Waals surface area contributed by atoms with Gasteiger partial charge in [-0.15, -0.1) is 11.3 Å². The first-order chi connectivity index (χ1) is 9.70. The van der Waals surface area contributed by atoms with Crippen LogP contribution in [-0.4, -0.2) is 47.5 Å². The van der Waals surface area contributed by atoms with Crippen LogP contribution in [-0.2, 0) is 4.79 Å². The minimum Gasteiger partial charge on any atom is -0.313 e. The predicted octanol–water partition coefficient (Wildman–Crippen LogP) is 1.61. The predicted molar refractivity (Wildman–Crippen MR) is 81.1 cm³/mol. The average molecular weight is 294 g/mol. The fourth-order valence-electron chi connectivity index (χ4n) is 2.73. The van der Waals surface area contributed by atoms with Gasteiger partial charge in [-0.1, -0.05) is 0 Å². The lowest BCUT2D eigenvalue weighted by Gasteiger charge is -2.24. The number of nitrogens with one attached hydrogen (secondary N) is 2. The molecule has 1 atom stereocenters. The Labute approximate surface area is 123 Å². The van der Waals surface area contributed by atoms with Gasteiger partial charge < -0.3 is 10.6 Å². The molecule has 1 saturated heterocycles. The van der Waals surface area contributed by atoms with Crippen LogP contribution in [0.15, 0.2) is 5.38 Å². The van der Waals surface area contributed by atoms with Crippen molar-refractivity contribution in [3.8, 4) is 0 Å². The lowest BCUT2D eigenvalue weighted by atomic mass is 10.2. The summed E-state index contributed by atoms with van der Waals surface area (Å²) in [4.78, 5) is 18.7. The van der Waals surface area contributed by atoms with Crippen molar-refractivity contribution in [2.45, 2.75) is 44.7 Å². The fourth-order valence-corrected chi connectivity index (χ4v) is 3.44. The van der Waals surface area contributed by atoms with Crippen molar-refractivity contribution >= 4 is 22.4 Å². The quantitative estimate of drug-likeness (QED) is 0.837. The van der Waals surface area contributed by atoms with Crippen molar-refractivity contribution in [3.05, 3.63) is 11.1 Å². The Morgan fingerprint density at radius 2 is 2.40 bits per heavy atom. The molecule has 1 unspecified atom stereocenters. The van der Waals surface area contributed by atoms with Crippen LogP contribution in [0.5, 0.6) is 0 Å². The highest BCUT2D eigenvalue weighted by Gasteiger charge is 2.32. The van der Waals surface area contributed by atoms with E-state index in [0.717, 1.165) is 18.8 Å². The highest BCUT2D eigenvalue weighted by molar-refractivity contribution is 7.13. The molecule has 1 saturated carbocycles. The van der Waals surface area contributed by atoms with Crippen LogP contribution < -0.4 is 10.6 Å². The number of carbonyl (C=O) groups is 1. The molecule has 0 aromatic carbocycles. The highest BCUT2D eigenvalue weighted by Crippen LogP contribution is 2.27. The third kappa shape index (κ3) is 3.77. The second kappa shape index (κ2) is 6.20. The van der Waals surface area contributed by atoms with Crippen LogP contribution in [0.25, 0.3) is 0 Å². The van der Waals surface area contributed by atoms with Gasteiger partial charge in [0.1, 0.15) is 0 Å². The van der Waals surface area contributed by atoms with Crippen LogP contribution in [0.1, 0.15) is 31.4 Å². The summed E-state index contributed by atoms with van der Waals surface area (Å²) in [5, 5.41) is 9.08. The molecule has 0 bridgehead atoms. The van der Waals surface area contributed by atoms with Crippen molar-refractivity contribution in [2.24, 2.45) is 0 Å². The Morgan fingerprint density at radius 3 is 3.00 bits per heavy atom. The van der Waals surface area contributed by atoms with Crippen molar-refractivity contribution in [3.63, 3.8) is 0 Å². The average Bonchev–Trinajstić information content (AvgIpc) is 2.99. The summed E-state index contributed by atoms with van der Waals surface area (Å²) < 4.78 is 0. The summed E-state index contributed by atoms with van der Waals surface area (Å²) in [7, 11) is 0. The van der Waals surface area contributed by atoms with Gasteiger partial charge in [0.2, 0.25) is 5.91 Å². The Bertz CT molecular complexity index is 465. The largest absolute Gasteiger partial charge is 0.313 e. The van der Waals surface area contributed by atoms with Crippen molar-refractivity contribution in [2.75, 3.05) is 25.0 Å². The van der Waals surface area contributed by atoms with Gasteiger partial charge in [0.05, 0.1) is 12.2 Å². The molecule has 20 heavy (non-hydrogen) atoms. The second-order valence-electron chi connectivity index (χ2n) is 5.80. The van der Waals surface area contributed by atoms with E-state index in [9.17, 15) is 4.79 Å². The SMILES string of the molecule is Cc1csc(NC(=O)CN(CC2CCCN2)C2CC2)n1. The molecule has 6 heteroatoms. The molecule has 1 aliphatic heterocycles. The molecule has 110 valence electrons. The third-order valence-electron chi connectivity index (χ3n) is 3.89. The molecule has 0 radical (unpaired) electrons. The molecular formula is C14H22N4OS. The molecule has 2 fully saturated rings. The van der Waals surface area contributed by atoms with Crippen LogP contribution in [0.4, 0.5) is 5.13 Å². The standard InChI is InChI=1S/C14H22N4OS/c1-10-9-20-14(16-10)17-13(19)8-18(12-4-5-12)7-11-3-2-6-15-11/h9,11-12,15H,2-8H2,1H3,(H,16,17,19). The first kappa shape index (κ1) is 14.0. The van der Waals surface area contributed by atoms with E-state index in [1.165, 1.54) is 37.0 Å². The molecule has 1 aromatic heterocycles. The van der Waals surface area contributed by atoms with E-state index in [2.05, 4.69) is 20.5 Å². The molecule has 2 heterocycles. The minimum absolute atomic E-state index is 0.0595. The van der Waals surface area contributed by atoms with E-state index in [1.54, 1.807) is 0 Å². The van der Waals surface area contributed by atoms with Crippen molar-refractivity contribution in [1.82, 2.24) is 15.2 Å². The van der Waals surface area contributed by atoms with E-state index < -0.39 is 0 Å². The number of anilines is 1. The number of nitrogens with zero attached hydrogens (tertiary/aromatic N) is 2. The van der Waals surface area contributed by atoms with E-state index in [-0.39, 0.29) is 5.91 Å². The maximum absolute atomic E-state index is 12.1. The van der Waals surface area contributed by atoms with E-state index in [4.69, 9.17) is 0 Å². The Morgan fingerprint density at radius 1 is 1.55 bits per heavy atom. The van der Waals surface area contributed by atoms with Crippen molar-refractivity contribution < 1.29 is 4.79 Å². The number of rotatable bonds is 6. The van der Waals surface area contributed by atoms with Gasteiger partial charge in [0.15, 0.2) is 5.13 Å². The first-order valence-corrected chi connectivity index (χ1v) is 8.28. The molecule has 0 spiro atoms. The monoisotopic (exact) mass is 294 g/mol. The zero-order chi connectivity index (χ0) is 13.9. The van der Waals surface area contributed by atoms with Crippen molar-refractivity contribution in [1.29, 1.82) is 0 Å². The number of carbonyl (C=O) groups excluding carboxylic acids is 1. The fraction of sp³-hybridized carbons (Fsp3) is 0.714. The lowest BCUT2D eigenvalue weighted by Crippen LogP contribution is -2.42. The van der Waals surface area contributed by atoms with Crippen LogP contribution in [0, 0.1) is 6.92 Å². The van der Waals surface area contributed by atoms with E-state index in [0.29, 0.717) is 23.8 Å². The van der Waals surface area contributed by atoms with Gasteiger partial charge >= 0.3 is 0 Å². The molecule has 5 nitrogen and oxygen atoms in total. The van der Waals surface area contributed by atoms with Gasteiger partial charge in [0, 0.05) is 24.0 Å². The second-order valence-corrected chi connectivity index (χ2v) is 6.65. The number of amides is 1. The molecule has 2 aliphatic rings. The van der Waals surface area contributed by atoms with Gasteiger partial charge in [-0.3, -0.25) is 9.69 Å². The van der Waals surface area contributed by atoms with Gasteiger partial charge in [0.25, 0.3) is 0 Å². The lowest BCUT2D eigenvalue weighted by molar-refractivity contribution is -0.117. The van der Waals surface area contributed by atoms with E-state index >= 15 is 0 Å². The van der Waals surface area contributed by atoms with Gasteiger partial charge in [-0.25, -0.2) is 4.98 Å². The number of hydrogen-bond donors (Lipinski definition) is 2. The summed E-state index contributed by atoms with van der Waals surface area (Å²) >= 11 is 1.49. The Hall–Kier alpha value is -0.980. The topological polar surface area (TPSA) is 57.3 Å². The van der Waals surface area contributed by atoms with Gasteiger partial charge in [-0.2, -0.15) is 0 Å². The van der Waals surface area contributed by atoms with E-state index in [1.807, 2.05) is 12.3 Å². The zero-order valence-corrected chi connectivity index (χ0v) is 12.7. The molecule has 1 amide bonds. The number of aryl methyl sites for hydroxylation is 1. The van der Waals surface area contributed by atoms with Crippen LogP contribution in [0.3, 0.4) is 0 Å². The summed E-state index contributed by atoms with van der Waals surface area (Å²) in [5.41, 5.74) is 0.958. The Balaban J connectivity index is 1.51. The molecule has 3 rings (SSSR count). The summed E-state index contributed by atoms with van der Waals surface area (Å²) in [5.74, 6) is 0.0595. The summed E-state index contributed by atoms with van der Waals surface area (Å²) in [6.07, 6.45) is 4.96. The zero-order valence-electron chi connectivity index (χ0n) is 11.9. The Kier molecular flexibility index (Phi) is 4.33. The normalized spacial score (nSPS) is 22.4. The third-order valence-corrected chi connectivity index (χ3v) is 4.77. The number of thiazole rings is 1. The van der Waals surface area contributed by atoms with Crippen LogP contribution in [0.2, 0.25) is 0 Å². The maximum atomic E-state index is 12.1. The highest BCUT2D eigenvalue weighted by atomic mass is 32.1.